The van der Waals surface area contributed by atoms with Crippen molar-refractivity contribution in [2.24, 2.45) is 5.11 Å². The number of nitrogens with zero attached hydrogens (tertiary/aromatic N) is 4. The van der Waals surface area contributed by atoms with E-state index in [0.29, 0.717) is 0 Å². The molecule has 0 heterocycles. The molecule has 8 nitrogen and oxygen atoms in total. The average molecular weight is 246 g/mol. The van der Waals surface area contributed by atoms with Crippen molar-refractivity contribution < 1.29 is 14.8 Å². The van der Waals surface area contributed by atoms with Crippen molar-refractivity contribution in [2.45, 2.75) is 0 Å². The summed E-state index contributed by atoms with van der Waals surface area (Å²) < 4.78 is 0. The molecule has 0 saturated heterocycles. The van der Waals surface area contributed by atoms with Crippen molar-refractivity contribution in [3.63, 3.8) is 0 Å². The van der Waals surface area contributed by atoms with E-state index in [-0.39, 0.29) is 17.7 Å². The van der Waals surface area contributed by atoms with Crippen LogP contribution in [-0.2, 0) is 0 Å². The Kier molecular flexibility index (Phi) is 4.26. The third-order valence-electron chi connectivity index (χ3n) is 1.88. The summed E-state index contributed by atoms with van der Waals surface area (Å²) in [6.07, 6.45) is 0. The van der Waals surface area contributed by atoms with E-state index in [4.69, 9.17) is 10.6 Å². The van der Waals surface area contributed by atoms with Gasteiger partial charge in [-0.1, -0.05) is 17.0 Å². The van der Waals surface area contributed by atoms with Gasteiger partial charge in [-0.2, -0.15) is 0 Å². The summed E-state index contributed by atoms with van der Waals surface area (Å²) in [5.74, 6) is 3.61. The highest BCUT2D eigenvalue weighted by Crippen LogP contribution is 2.19. The third kappa shape index (κ3) is 3.23. The van der Waals surface area contributed by atoms with Gasteiger partial charge in [0, 0.05) is 11.0 Å². The number of aromatic carboxylic acids is 1. The molecule has 0 aliphatic heterocycles. The van der Waals surface area contributed by atoms with E-state index >= 15 is 0 Å². The van der Waals surface area contributed by atoms with Gasteiger partial charge < -0.3 is 5.11 Å². The summed E-state index contributed by atoms with van der Waals surface area (Å²) in [6.45, 7) is -0.117. The normalized spacial score (nSPS) is 8.67. The molecule has 1 N–H and O–H groups in total. The van der Waals surface area contributed by atoms with E-state index in [1.807, 2.05) is 0 Å². The van der Waals surface area contributed by atoms with Gasteiger partial charge in [-0.05, 0) is 17.7 Å². The molecular formula is C10H6N4O4. The first-order valence-corrected chi connectivity index (χ1v) is 4.57. The first-order valence-electron chi connectivity index (χ1n) is 4.57. The number of carboxylic acid groups (broad SMARTS) is 1. The molecule has 0 bridgehead atoms. The van der Waals surface area contributed by atoms with Gasteiger partial charge in [0.2, 0.25) is 0 Å². The van der Waals surface area contributed by atoms with Gasteiger partial charge in [-0.3, -0.25) is 10.1 Å². The second-order valence-corrected chi connectivity index (χ2v) is 2.98. The smallest absolute Gasteiger partial charge is 0.335 e. The Morgan fingerprint density at radius 1 is 1.61 bits per heavy atom. The minimum absolute atomic E-state index is 0.0677. The minimum Gasteiger partial charge on any atom is -0.478 e. The molecule has 0 aliphatic carbocycles. The topological polar surface area (TPSA) is 129 Å². The van der Waals surface area contributed by atoms with Crippen molar-refractivity contribution in [3.05, 3.63) is 49.9 Å². The average Bonchev–Trinajstić information content (AvgIpc) is 2.34. The molecule has 1 aromatic rings. The zero-order valence-electron chi connectivity index (χ0n) is 8.90. The van der Waals surface area contributed by atoms with Crippen LogP contribution in [0.2, 0.25) is 0 Å². The van der Waals surface area contributed by atoms with E-state index in [0.717, 1.165) is 6.07 Å². The highest BCUT2D eigenvalue weighted by Gasteiger charge is 2.15. The number of hydrogen-bond donors (Lipinski definition) is 1. The molecular weight excluding hydrogens is 240 g/mol. The maximum absolute atomic E-state index is 10.7. The summed E-state index contributed by atoms with van der Waals surface area (Å²) in [4.78, 5) is 23.2. The van der Waals surface area contributed by atoms with E-state index in [2.05, 4.69) is 21.9 Å². The highest BCUT2D eigenvalue weighted by atomic mass is 16.6. The second kappa shape index (κ2) is 5.89. The maximum atomic E-state index is 10.7. The Bertz CT molecular complexity index is 608. The van der Waals surface area contributed by atoms with Crippen molar-refractivity contribution in [1.82, 2.24) is 0 Å². The van der Waals surface area contributed by atoms with Crippen LogP contribution in [0.1, 0.15) is 15.9 Å². The molecule has 8 heteroatoms. The van der Waals surface area contributed by atoms with E-state index in [1.165, 1.54) is 12.1 Å². The number of rotatable bonds is 3. The molecule has 0 saturated carbocycles. The molecule has 18 heavy (non-hydrogen) atoms. The Balaban J connectivity index is 3.18. The van der Waals surface area contributed by atoms with Gasteiger partial charge in [-0.15, -0.1) is 0 Å². The minimum atomic E-state index is -1.26. The first-order chi connectivity index (χ1) is 8.56. The van der Waals surface area contributed by atoms with Crippen LogP contribution < -0.4 is 0 Å². The Hall–Kier alpha value is -3.04. The van der Waals surface area contributed by atoms with Gasteiger partial charge in [0.15, 0.2) is 0 Å². The lowest BCUT2D eigenvalue weighted by Crippen LogP contribution is -1.99. The van der Waals surface area contributed by atoms with Crippen LogP contribution >= 0.6 is 0 Å². The first kappa shape index (κ1) is 13.0. The molecule has 0 unspecified atom stereocenters. The fraction of sp³-hybridized carbons (Fsp3) is 0.100. The largest absolute Gasteiger partial charge is 0.478 e. The van der Waals surface area contributed by atoms with Crippen LogP contribution in [0.5, 0.6) is 0 Å². The third-order valence-corrected chi connectivity index (χ3v) is 1.88. The van der Waals surface area contributed by atoms with Crippen molar-refractivity contribution in [2.75, 3.05) is 6.54 Å². The van der Waals surface area contributed by atoms with Crippen LogP contribution in [0.4, 0.5) is 5.69 Å². The zero-order chi connectivity index (χ0) is 13.5. The van der Waals surface area contributed by atoms with Gasteiger partial charge in [-0.25, -0.2) is 4.79 Å². The number of carbonyl (C=O) groups is 1. The van der Waals surface area contributed by atoms with Gasteiger partial charge in [0.1, 0.15) is 5.56 Å². The van der Waals surface area contributed by atoms with Crippen LogP contribution in [0.3, 0.4) is 0 Å². The van der Waals surface area contributed by atoms with E-state index in [1.54, 1.807) is 0 Å². The lowest BCUT2D eigenvalue weighted by molar-refractivity contribution is -0.385. The number of nitro benzene ring substituents is 1. The fourth-order valence-corrected chi connectivity index (χ4v) is 1.12. The molecule has 0 aliphatic rings. The Morgan fingerprint density at radius 3 is 2.89 bits per heavy atom. The fourth-order valence-electron chi connectivity index (χ4n) is 1.12. The zero-order valence-corrected chi connectivity index (χ0v) is 8.90. The number of azide groups is 1. The molecule has 0 spiro atoms. The Morgan fingerprint density at radius 2 is 2.33 bits per heavy atom. The quantitative estimate of drug-likeness (QED) is 0.218. The molecule has 1 aromatic carbocycles. The van der Waals surface area contributed by atoms with Crippen LogP contribution in [0.25, 0.3) is 10.4 Å². The van der Waals surface area contributed by atoms with Crippen LogP contribution in [-0.4, -0.2) is 22.5 Å². The molecule has 90 valence electrons. The molecule has 1 rings (SSSR count). The van der Waals surface area contributed by atoms with E-state index < -0.39 is 16.6 Å². The predicted molar refractivity (Wildman–Crippen MR) is 60.9 cm³/mol. The lowest BCUT2D eigenvalue weighted by Gasteiger charge is -1.97. The second-order valence-electron chi connectivity index (χ2n) is 2.98. The predicted octanol–water partition coefficient (Wildman–Crippen LogP) is 1.95. The van der Waals surface area contributed by atoms with Crippen molar-refractivity contribution in [1.29, 1.82) is 0 Å². The monoisotopic (exact) mass is 246 g/mol. The Labute approximate surface area is 101 Å². The number of benzene rings is 1. The maximum Gasteiger partial charge on any atom is 0.335 e. The summed E-state index contributed by atoms with van der Waals surface area (Å²) in [5.41, 5.74) is 7.50. The van der Waals surface area contributed by atoms with Crippen LogP contribution in [0, 0.1) is 22.0 Å². The number of hydrogen-bond acceptors (Lipinski definition) is 4. The molecule has 0 fully saturated rings. The van der Waals surface area contributed by atoms with Gasteiger partial charge >= 0.3 is 5.97 Å². The van der Waals surface area contributed by atoms with Crippen molar-refractivity contribution >= 4 is 11.7 Å². The molecule has 0 aromatic heterocycles. The summed E-state index contributed by atoms with van der Waals surface area (Å²) >= 11 is 0. The van der Waals surface area contributed by atoms with Gasteiger partial charge in [0.25, 0.3) is 5.69 Å². The number of carboxylic acids is 1. The summed E-state index contributed by atoms with van der Waals surface area (Å²) in [5, 5.41) is 22.6. The molecule has 0 radical (unpaired) electrons. The molecule has 0 amide bonds. The van der Waals surface area contributed by atoms with Crippen molar-refractivity contribution in [3.8, 4) is 11.8 Å². The number of nitro groups is 1. The standard InChI is InChI=1S/C10H6N4O4/c11-13-12-5-1-2-7-3-4-8(10(15)16)6-9(7)14(17)18/h3-4,6H,5H2,(H,15,16). The summed E-state index contributed by atoms with van der Waals surface area (Å²) in [6, 6.07) is 3.39. The SMILES string of the molecule is [N-]=[N+]=NCC#Cc1ccc(C(=O)O)cc1[N+](=O)[O-]. The highest BCUT2D eigenvalue weighted by molar-refractivity contribution is 5.88. The molecule has 0 atom stereocenters. The van der Waals surface area contributed by atoms with Crippen LogP contribution in [0.15, 0.2) is 23.3 Å². The summed E-state index contributed by atoms with van der Waals surface area (Å²) in [7, 11) is 0. The van der Waals surface area contributed by atoms with E-state index in [9.17, 15) is 14.9 Å². The van der Waals surface area contributed by atoms with Gasteiger partial charge in [0.05, 0.1) is 17.0 Å². The lowest BCUT2D eigenvalue weighted by atomic mass is 10.1.